The number of hydrogen-bond donors (Lipinski definition) is 1. The predicted octanol–water partition coefficient (Wildman–Crippen LogP) is 7.54. The first kappa shape index (κ1) is 23.3. The molecule has 1 N–H and O–H groups in total. The Hall–Kier alpha value is -4.45. The van der Waals surface area contributed by atoms with Crippen molar-refractivity contribution < 1.29 is 18.3 Å². The summed E-state index contributed by atoms with van der Waals surface area (Å²) in [5.74, 6) is 0.115. The van der Waals surface area contributed by atoms with E-state index >= 15 is 0 Å². The van der Waals surface area contributed by atoms with Gasteiger partial charge in [-0.25, -0.2) is 4.39 Å². The maximum Gasteiger partial charge on any atom is 0.248 e. The topological polar surface area (TPSA) is 64.4 Å². The van der Waals surface area contributed by atoms with E-state index in [4.69, 9.17) is 9.15 Å². The number of carbonyl (C=O) groups is 1. The molecule has 5 nitrogen and oxygen atoms in total. The maximum absolute atomic E-state index is 13.5. The highest BCUT2D eigenvalue weighted by atomic mass is 19.1. The quantitative estimate of drug-likeness (QED) is 0.255. The first-order valence-electron chi connectivity index (χ1n) is 11.7. The van der Waals surface area contributed by atoms with E-state index in [1.54, 1.807) is 30.7 Å². The number of nitrogens with one attached hydrogen (secondary N) is 1. The number of benzene rings is 3. The van der Waals surface area contributed by atoms with E-state index in [9.17, 15) is 9.18 Å². The number of nitrogens with zero attached hydrogens (tertiary/aromatic N) is 1. The van der Waals surface area contributed by atoms with Crippen LogP contribution < -0.4 is 10.1 Å². The van der Waals surface area contributed by atoms with Crippen molar-refractivity contribution in [2.75, 3.05) is 11.9 Å². The molecular weight excluding hydrogens is 455 g/mol. The molecule has 3 aromatic carbocycles. The standard InChI is InChI=1S/C30H25FN2O3/c1-4-35-29-19(3)30-24(25(17-36-30)20-10-12-21(31)13-11-20)16-23(29)18(2)15-28(34)33-27-9-5-8-26-22(27)7-6-14-32-26/h5-17H,4H2,1-3H3,(H,33,34)/b18-15+. The lowest BCUT2D eigenvalue weighted by molar-refractivity contribution is -0.111. The first-order chi connectivity index (χ1) is 17.5. The largest absolute Gasteiger partial charge is 0.493 e. The van der Waals surface area contributed by atoms with Crippen molar-refractivity contribution in [3.63, 3.8) is 0 Å². The molecule has 5 aromatic rings. The summed E-state index contributed by atoms with van der Waals surface area (Å²) in [6.07, 6.45) is 4.96. The minimum atomic E-state index is -0.297. The van der Waals surface area contributed by atoms with Crippen LogP contribution >= 0.6 is 0 Å². The van der Waals surface area contributed by atoms with Gasteiger partial charge in [-0.2, -0.15) is 0 Å². The van der Waals surface area contributed by atoms with Crippen molar-refractivity contribution in [3.05, 3.63) is 96.1 Å². The molecule has 0 bridgehead atoms. The number of rotatable bonds is 6. The second-order valence-corrected chi connectivity index (χ2v) is 8.54. The lowest BCUT2D eigenvalue weighted by Crippen LogP contribution is -2.09. The number of amides is 1. The molecule has 5 rings (SSSR count). The zero-order chi connectivity index (χ0) is 25.2. The molecule has 1 amide bonds. The lowest BCUT2D eigenvalue weighted by atomic mass is 9.96. The molecule has 0 fully saturated rings. The van der Waals surface area contributed by atoms with Crippen molar-refractivity contribution in [2.24, 2.45) is 0 Å². The van der Waals surface area contributed by atoms with Crippen LogP contribution in [0.5, 0.6) is 5.75 Å². The van der Waals surface area contributed by atoms with Crippen LogP contribution in [-0.2, 0) is 4.79 Å². The highest BCUT2D eigenvalue weighted by Gasteiger charge is 2.19. The van der Waals surface area contributed by atoms with Gasteiger partial charge in [0.05, 0.1) is 24.1 Å². The third kappa shape index (κ3) is 4.33. The van der Waals surface area contributed by atoms with Crippen LogP contribution in [0.2, 0.25) is 0 Å². The van der Waals surface area contributed by atoms with E-state index in [1.807, 2.05) is 57.2 Å². The Morgan fingerprint density at radius 3 is 2.69 bits per heavy atom. The minimum Gasteiger partial charge on any atom is -0.493 e. The molecule has 180 valence electrons. The molecule has 0 aliphatic rings. The van der Waals surface area contributed by atoms with E-state index in [0.29, 0.717) is 23.6 Å². The van der Waals surface area contributed by atoms with Gasteiger partial charge < -0.3 is 14.5 Å². The molecule has 0 aliphatic carbocycles. The highest BCUT2D eigenvalue weighted by Crippen LogP contribution is 2.40. The highest BCUT2D eigenvalue weighted by molar-refractivity contribution is 6.09. The number of fused-ring (bicyclic) bond motifs is 2. The molecule has 2 heterocycles. The van der Waals surface area contributed by atoms with E-state index in [0.717, 1.165) is 44.1 Å². The molecule has 0 aliphatic heterocycles. The Bertz CT molecular complexity index is 1610. The van der Waals surface area contributed by atoms with E-state index < -0.39 is 0 Å². The van der Waals surface area contributed by atoms with Gasteiger partial charge in [0.25, 0.3) is 0 Å². The monoisotopic (exact) mass is 480 g/mol. The van der Waals surface area contributed by atoms with Crippen LogP contribution in [0.25, 0.3) is 38.6 Å². The van der Waals surface area contributed by atoms with Gasteiger partial charge in [-0.05, 0) is 74.4 Å². The Labute approximate surface area is 208 Å². The summed E-state index contributed by atoms with van der Waals surface area (Å²) in [5.41, 5.74) is 6.26. The fraction of sp³-hybridized carbons (Fsp3) is 0.133. The number of aryl methyl sites for hydroxylation is 1. The number of anilines is 1. The van der Waals surface area contributed by atoms with Crippen LogP contribution in [0, 0.1) is 12.7 Å². The SMILES string of the molecule is CCOc1c(/C(C)=C/C(=O)Nc2cccc3ncccc23)cc2c(-c3ccc(F)cc3)coc2c1C. The fourth-order valence-corrected chi connectivity index (χ4v) is 4.45. The van der Waals surface area contributed by atoms with Gasteiger partial charge >= 0.3 is 0 Å². The summed E-state index contributed by atoms with van der Waals surface area (Å²) >= 11 is 0. The van der Waals surface area contributed by atoms with Crippen molar-refractivity contribution in [1.82, 2.24) is 4.98 Å². The van der Waals surface area contributed by atoms with Crippen LogP contribution in [0.4, 0.5) is 10.1 Å². The molecule has 0 spiro atoms. The van der Waals surface area contributed by atoms with Crippen molar-refractivity contribution in [2.45, 2.75) is 20.8 Å². The third-order valence-corrected chi connectivity index (χ3v) is 6.16. The van der Waals surface area contributed by atoms with Crippen molar-refractivity contribution in [3.8, 4) is 16.9 Å². The number of carbonyl (C=O) groups excluding carboxylic acids is 1. The number of ether oxygens (including phenoxy) is 1. The zero-order valence-corrected chi connectivity index (χ0v) is 20.3. The van der Waals surface area contributed by atoms with E-state index in [-0.39, 0.29) is 11.7 Å². The Kier molecular flexibility index (Phi) is 6.25. The Morgan fingerprint density at radius 1 is 1.11 bits per heavy atom. The Morgan fingerprint density at radius 2 is 1.92 bits per heavy atom. The third-order valence-electron chi connectivity index (χ3n) is 6.16. The van der Waals surface area contributed by atoms with Crippen molar-refractivity contribution >= 4 is 39.0 Å². The summed E-state index contributed by atoms with van der Waals surface area (Å²) < 4.78 is 25.4. The molecule has 0 radical (unpaired) electrons. The van der Waals surface area contributed by atoms with Gasteiger partial charge in [0.1, 0.15) is 17.1 Å². The molecule has 0 atom stereocenters. The van der Waals surface area contributed by atoms with Crippen LogP contribution in [0.1, 0.15) is 25.0 Å². The predicted molar refractivity (Wildman–Crippen MR) is 142 cm³/mol. The summed E-state index contributed by atoms with van der Waals surface area (Å²) in [4.78, 5) is 17.4. The smallest absolute Gasteiger partial charge is 0.248 e. The summed E-state index contributed by atoms with van der Waals surface area (Å²) in [6, 6.07) is 17.7. The van der Waals surface area contributed by atoms with Crippen molar-refractivity contribution in [1.29, 1.82) is 0 Å². The lowest BCUT2D eigenvalue weighted by Gasteiger charge is -2.15. The van der Waals surface area contributed by atoms with Gasteiger partial charge in [0.2, 0.25) is 5.91 Å². The molecule has 2 aromatic heterocycles. The van der Waals surface area contributed by atoms with E-state index in [2.05, 4.69) is 10.3 Å². The number of pyridine rings is 1. The second-order valence-electron chi connectivity index (χ2n) is 8.54. The van der Waals surface area contributed by atoms with Crippen LogP contribution in [0.15, 0.2) is 83.6 Å². The normalized spacial score (nSPS) is 11.7. The molecular formula is C30H25FN2O3. The van der Waals surface area contributed by atoms with Gasteiger partial charge in [0, 0.05) is 39.7 Å². The van der Waals surface area contributed by atoms with Gasteiger partial charge in [-0.1, -0.05) is 18.2 Å². The summed E-state index contributed by atoms with van der Waals surface area (Å²) in [5, 5.41) is 4.71. The second kappa shape index (κ2) is 9.66. The average molecular weight is 481 g/mol. The number of furan rings is 1. The maximum atomic E-state index is 13.5. The number of allylic oxidation sites excluding steroid dienone is 1. The van der Waals surface area contributed by atoms with Gasteiger partial charge in [0.15, 0.2) is 0 Å². The molecule has 0 saturated carbocycles. The zero-order valence-electron chi connectivity index (χ0n) is 20.3. The fourth-order valence-electron chi connectivity index (χ4n) is 4.45. The number of hydrogen-bond acceptors (Lipinski definition) is 4. The molecule has 6 heteroatoms. The summed E-state index contributed by atoms with van der Waals surface area (Å²) in [7, 11) is 0. The van der Waals surface area contributed by atoms with Gasteiger partial charge in [-0.3, -0.25) is 9.78 Å². The van der Waals surface area contributed by atoms with Crippen LogP contribution in [0.3, 0.4) is 0 Å². The molecule has 36 heavy (non-hydrogen) atoms. The molecule has 0 saturated heterocycles. The average Bonchev–Trinajstić information content (AvgIpc) is 3.30. The number of aromatic nitrogens is 1. The van der Waals surface area contributed by atoms with Gasteiger partial charge in [-0.15, -0.1) is 0 Å². The van der Waals surface area contributed by atoms with E-state index in [1.165, 1.54) is 12.1 Å². The molecule has 0 unspecified atom stereocenters. The Balaban J connectivity index is 1.56. The number of halogens is 1. The van der Waals surface area contributed by atoms with Crippen LogP contribution in [-0.4, -0.2) is 17.5 Å². The first-order valence-corrected chi connectivity index (χ1v) is 11.7. The summed E-state index contributed by atoms with van der Waals surface area (Å²) in [6.45, 7) is 6.20. The minimum absolute atomic E-state index is 0.255.